The first-order valence-corrected chi connectivity index (χ1v) is 7.22. The topological polar surface area (TPSA) is 32.3 Å². The van der Waals surface area contributed by atoms with Crippen LogP contribution in [0.5, 0.6) is 0 Å². The largest absolute Gasteiger partial charge is 0.393 e. The molecule has 0 amide bonds. The maximum atomic E-state index is 9.27. The number of rotatable bonds is 3. The summed E-state index contributed by atoms with van der Waals surface area (Å²) in [7, 11) is 0. The molecule has 2 N–H and O–H groups in total. The highest BCUT2D eigenvalue weighted by atomic mass is 79.9. The molecule has 0 aliphatic heterocycles. The Balaban J connectivity index is 1.62. The van der Waals surface area contributed by atoms with E-state index in [1.807, 2.05) is 0 Å². The van der Waals surface area contributed by atoms with Crippen LogP contribution in [0, 0.1) is 5.92 Å². The summed E-state index contributed by atoms with van der Waals surface area (Å²) in [6.07, 6.45) is 4.29. The Bertz CT molecular complexity index is 415. The highest BCUT2D eigenvalue weighted by molar-refractivity contribution is 9.10. The predicted molar refractivity (Wildman–Crippen MR) is 71.9 cm³/mol. The van der Waals surface area contributed by atoms with Gasteiger partial charge in [-0.05, 0) is 55.3 Å². The van der Waals surface area contributed by atoms with Crippen LogP contribution < -0.4 is 5.32 Å². The number of hydrogen-bond donors (Lipinski definition) is 2. The maximum Gasteiger partial charge on any atom is 0.0546 e. The van der Waals surface area contributed by atoms with Crippen molar-refractivity contribution in [3.8, 4) is 0 Å². The SMILES string of the molecule is OC1CC(CNC2CCc3c(Br)cccc32)C1. The van der Waals surface area contributed by atoms with Crippen LogP contribution in [0.3, 0.4) is 0 Å². The van der Waals surface area contributed by atoms with Crippen molar-refractivity contribution >= 4 is 15.9 Å². The zero-order chi connectivity index (χ0) is 11.8. The summed E-state index contributed by atoms with van der Waals surface area (Å²) in [6, 6.07) is 7.00. The molecular formula is C14H18BrNO. The van der Waals surface area contributed by atoms with Gasteiger partial charge in [-0.2, -0.15) is 0 Å². The lowest BCUT2D eigenvalue weighted by atomic mass is 9.82. The number of halogens is 1. The summed E-state index contributed by atoms with van der Waals surface area (Å²) in [5, 5.41) is 12.9. The third kappa shape index (κ3) is 2.28. The lowest BCUT2D eigenvalue weighted by molar-refractivity contribution is 0.0418. The third-order valence-electron chi connectivity index (χ3n) is 4.08. The average Bonchev–Trinajstić information content (AvgIpc) is 2.68. The van der Waals surface area contributed by atoms with E-state index in [1.54, 1.807) is 0 Å². The summed E-state index contributed by atoms with van der Waals surface area (Å²) in [6.45, 7) is 1.05. The second-order valence-corrected chi connectivity index (χ2v) is 6.15. The van der Waals surface area contributed by atoms with E-state index in [0.29, 0.717) is 12.0 Å². The first-order valence-electron chi connectivity index (χ1n) is 6.43. The smallest absolute Gasteiger partial charge is 0.0546 e. The Morgan fingerprint density at radius 3 is 2.94 bits per heavy atom. The Hall–Kier alpha value is -0.380. The first kappa shape index (κ1) is 11.7. The van der Waals surface area contributed by atoms with Crippen molar-refractivity contribution in [1.82, 2.24) is 5.32 Å². The lowest BCUT2D eigenvalue weighted by Gasteiger charge is -2.32. The van der Waals surface area contributed by atoms with Crippen LogP contribution in [0.2, 0.25) is 0 Å². The first-order chi connectivity index (χ1) is 8.24. The molecule has 2 aliphatic rings. The molecule has 1 atom stereocenters. The highest BCUT2D eigenvalue weighted by Crippen LogP contribution is 2.36. The Morgan fingerprint density at radius 1 is 1.35 bits per heavy atom. The summed E-state index contributed by atoms with van der Waals surface area (Å²) in [5.74, 6) is 0.682. The van der Waals surface area contributed by atoms with Crippen molar-refractivity contribution in [2.45, 2.75) is 37.8 Å². The Morgan fingerprint density at radius 2 is 2.18 bits per heavy atom. The molecule has 17 heavy (non-hydrogen) atoms. The van der Waals surface area contributed by atoms with E-state index in [2.05, 4.69) is 39.4 Å². The molecule has 1 saturated carbocycles. The van der Waals surface area contributed by atoms with E-state index < -0.39 is 0 Å². The predicted octanol–water partition coefficient (Wildman–Crippen LogP) is 2.80. The zero-order valence-corrected chi connectivity index (χ0v) is 11.4. The van der Waals surface area contributed by atoms with Crippen molar-refractivity contribution in [2.75, 3.05) is 6.54 Å². The van der Waals surface area contributed by atoms with Crippen molar-refractivity contribution in [3.05, 3.63) is 33.8 Å². The number of fused-ring (bicyclic) bond motifs is 1. The minimum Gasteiger partial charge on any atom is -0.393 e. The van der Waals surface area contributed by atoms with Crippen LogP contribution >= 0.6 is 15.9 Å². The molecule has 1 fully saturated rings. The minimum atomic E-state index is -0.0354. The molecular weight excluding hydrogens is 278 g/mol. The van der Waals surface area contributed by atoms with Crippen molar-refractivity contribution in [2.24, 2.45) is 5.92 Å². The third-order valence-corrected chi connectivity index (χ3v) is 4.82. The molecule has 1 aromatic carbocycles. The number of benzene rings is 1. The molecule has 92 valence electrons. The summed E-state index contributed by atoms with van der Waals surface area (Å²) in [4.78, 5) is 0. The number of aliphatic hydroxyl groups excluding tert-OH is 1. The normalized spacial score (nSPS) is 31.1. The monoisotopic (exact) mass is 295 g/mol. The van der Waals surface area contributed by atoms with Gasteiger partial charge >= 0.3 is 0 Å². The van der Waals surface area contributed by atoms with E-state index >= 15 is 0 Å². The summed E-state index contributed by atoms with van der Waals surface area (Å²) < 4.78 is 1.25. The number of aliphatic hydroxyl groups is 1. The van der Waals surface area contributed by atoms with E-state index in [9.17, 15) is 5.11 Å². The summed E-state index contributed by atoms with van der Waals surface area (Å²) >= 11 is 3.63. The van der Waals surface area contributed by atoms with Crippen LogP contribution in [0.15, 0.2) is 22.7 Å². The van der Waals surface area contributed by atoms with Gasteiger partial charge in [0.05, 0.1) is 6.10 Å². The molecule has 0 bridgehead atoms. The van der Waals surface area contributed by atoms with Crippen LogP contribution in [0.4, 0.5) is 0 Å². The Labute approximate surface area is 111 Å². The fraction of sp³-hybridized carbons (Fsp3) is 0.571. The van der Waals surface area contributed by atoms with Crippen LogP contribution in [0.1, 0.15) is 36.4 Å². The van der Waals surface area contributed by atoms with Gasteiger partial charge in [-0.1, -0.05) is 28.1 Å². The number of nitrogens with one attached hydrogen (secondary N) is 1. The molecule has 0 radical (unpaired) electrons. The van der Waals surface area contributed by atoms with E-state index in [0.717, 1.165) is 19.4 Å². The molecule has 1 aromatic rings. The zero-order valence-electron chi connectivity index (χ0n) is 9.82. The van der Waals surface area contributed by atoms with Gasteiger partial charge in [-0.15, -0.1) is 0 Å². The van der Waals surface area contributed by atoms with E-state index in [4.69, 9.17) is 0 Å². The standard InChI is InChI=1S/C14H18BrNO/c15-13-3-1-2-12-11(13)4-5-14(12)16-8-9-6-10(17)7-9/h1-3,9-10,14,16-17H,4-8H2. The molecule has 1 unspecified atom stereocenters. The average molecular weight is 296 g/mol. The fourth-order valence-electron chi connectivity index (χ4n) is 3.00. The maximum absolute atomic E-state index is 9.27. The fourth-order valence-corrected chi connectivity index (χ4v) is 3.58. The van der Waals surface area contributed by atoms with Gasteiger partial charge in [-0.25, -0.2) is 0 Å². The second-order valence-electron chi connectivity index (χ2n) is 5.30. The van der Waals surface area contributed by atoms with Crippen LogP contribution in [-0.4, -0.2) is 17.8 Å². The van der Waals surface area contributed by atoms with Gasteiger partial charge < -0.3 is 10.4 Å². The van der Waals surface area contributed by atoms with Gasteiger partial charge in [0.1, 0.15) is 0 Å². The van der Waals surface area contributed by atoms with Crippen molar-refractivity contribution in [3.63, 3.8) is 0 Å². The molecule has 0 heterocycles. The van der Waals surface area contributed by atoms with Crippen LogP contribution in [-0.2, 0) is 6.42 Å². The van der Waals surface area contributed by atoms with Gasteiger partial charge in [0, 0.05) is 10.5 Å². The lowest BCUT2D eigenvalue weighted by Crippen LogP contribution is -2.37. The Kier molecular flexibility index (Phi) is 3.24. The molecule has 0 spiro atoms. The van der Waals surface area contributed by atoms with E-state index in [1.165, 1.54) is 28.4 Å². The highest BCUT2D eigenvalue weighted by Gasteiger charge is 2.29. The molecule has 3 rings (SSSR count). The quantitative estimate of drug-likeness (QED) is 0.899. The van der Waals surface area contributed by atoms with Crippen molar-refractivity contribution < 1.29 is 5.11 Å². The van der Waals surface area contributed by atoms with Gasteiger partial charge in [0.15, 0.2) is 0 Å². The van der Waals surface area contributed by atoms with Crippen LogP contribution in [0.25, 0.3) is 0 Å². The second kappa shape index (κ2) is 4.71. The molecule has 0 saturated heterocycles. The molecule has 0 aromatic heterocycles. The van der Waals surface area contributed by atoms with Gasteiger partial charge in [0.25, 0.3) is 0 Å². The number of hydrogen-bond acceptors (Lipinski definition) is 2. The minimum absolute atomic E-state index is 0.0354. The molecule has 2 nitrogen and oxygen atoms in total. The molecule has 3 heteroatoms. The summed E-state index contributed by atoms with van der Waals surface area (Å²) in [5.41, 5.74) is 2.93. The van der Waals surface area contributed by atoms with Gasteiger partial charge in [-0.3, -0.25) is 0 Å². The molecule has 2 aliphatic carbocycles. The van der Waals surface area contributed by atoms with Crippen molar-refractivity contribution in [1.29, 1.82) is 0 Å². The van der Waals surface area contributed by atoms with Gasteiger partial charge in [0.2, 0.25) is 0 Å². The van der Waals surface area contributed by atoms with E-state index in [-0.39, 0.29) is 6.10 Å².